The molecule has 0 saturated carbocycles. The van der Waals surface area contributed by atoms with Gasteiger partial charge in [-0.1, -0.05) is 77.7 Å². The minimum atomic E-state index is -0.836. The molecule has 0 aliphatic heterocycles. The van der Waals surface area contributed by atoms with Crippen LogP contribution in [-0.2, 0) is 4.79 Å². The predicted octanol–water partition coefficient (Wildman–Crippen LogP) is 5.57. The lowest BCUT2D eigenvalue weighted by Crippen LogP contribution is -1.95. The molecule has 0 bridgehead atoms. The summed E-state index contributed by atoms with van der Waals surface area (Å²) in [6.07, 6.45) is 17.1. The lowest BCUT2D eigenvalue weighted by molar-refractivity contribution is -0.131. The second-order valence-corrected chi connectivity index (χ2v) is 5.69. The Morgan fingerprint density at radius 2 is 1.58 bits per heavy atom. The lowest BCUT2D eigenvalue weighted by atomic mass is 9.96. The third-order valence-electron chi connectivity index (χ3n) is 3.63. The van der Waals surface area contributed by atoms with Crippen molar-refractivity contribution in [2.75, 3.05) is 0 Å². The highest BCUT2D eigenvalue weighted by molar-refractivity contribution is 5.79. The van der Waals surface area contributed by atoms with Gasteiger partial charge in [0.1, 0.15) is 0 Å². The van der Waals surface area contributed by atoms with Crippen molar-refractivity contribution in [2.24, 2.45) is 5.92 Å². The van der Waals surface area contributed by atoms with E-state index in [2.05, 4.69) is 13.8 Å². The average Bonchev–Trinajstić information content (AvgIpc) is 2.37. The van der Waals surface area contributed by atoms with Crippen LogP contribution in [0.25, 0.3) is 0 Å². The second-order valence-electron chi connectivity index (χ2n) is 5.69. The molecule has 0 fully saturated rings. The van der Waals surface area contributed by atoms with Crippen molar-refractivity contribution < 1.29 is 9.90 Å². The Morgan fingerprint density at radius 1 is 1.00 bits per heavy atom. The van der Waals surface area contributed by atoms with Crippen LogP contribution in [0.4, 0.5) is 0 Å². The maximum absolute atomic E-state index is 10.2. The molecule has 1 N–H and O–H groups in total. The van der Waals surface area contributed by atoms with E-state index in [1.54, 1.807) is 6.08 Å². The second kappa shape index (κ2) is 13.6. The molecule has 0 aromatic rings. The molecule has 0 aliphatic carbocycles. The molecule has 2 heteroatoms. The summed E-state index contributed by atoms with van der Waals surface area (Å²) in [6, 6.07) is 0. The Labute approximate surface area is 119 Å². The van der Waals surface area contributed by atoms with Gasteiger partial charge in [0.25, 0.3) is 0 Å². The molecule has 0 saturated heterocycles. The molecule has 19 heavy (non-hydrogen) atoms. The maximum Gasteiger partial charge on any atom is 0.327 e. The SMILES string of the molecule is CCCCCCC(C)CCCCCCC=CC(=O)O. The van der Waals surface area contributed by atoms with Gasteiger partial charge in [-0.15, -0.1) is 0 Å². The monoisotopic (exact) mass is 268 g/mol. The van der Waals surface area contributed by atoms with E-state index < -0.39 is 5.97 Å². The summed E-state index contributed by atoms with van der Waals surface area (Å²) >= 11 is 0. The third kappa shape index (κ3) is 15.2. The van der Waals surface area contributed by atoms with Crippen LogP contribution >= 0.6 is 0 Å². The topological polar surface area (TPSA) is 37.3 Å². The molecule has 0 amide bonds. The molecule has 0 aromatic heterocycles. The van der Waals surface area contributed by atoms with Crippen molar-refractivity contribution in [2.45, 2.75) is 84.5 Å². The summed E-state index contributed by atoms with van der Waals surface area (Å²) < 4.78 is 0. The summed E-state index contributed by atoms with van der Waals surface area (Å²) in [6.45, 7) is 4.64. The number of allylic oxidation sites excluding steroid dienone is 1. The number of unbranched alkanes of at least 4 members (excludes halogenated alkanes) is 7. The number of hydrogen-bond acceptors (Lipinski definition) is 1. The Morgan fingerprint density at radius 3 is 2.16 bits per heavy atom. The first kappa shape index (κ1) is 18.2. The van der Waals surface area contributed by atoms with Crippen LogP contribution in [0.1, 0.15) is 84.5 Å². The summed E-state index contributed by atoms with van der Waals surface area (Å²) in [5.74, 6) is 0.0423. The van der Waals surface area contributed by atoms with Crippen molar-refractivity contribution in [3.8, 4) is 0 Å². The Bertz CT molecular complexity index is 233. The molecule has 1 atom stereocenters. The molecule has 0 radical (unpaired) electrons. The predicted molar refractivity (Wildman–Crippen MR) is 82.4 cm³/mol. The number of aliphatic carboxylic acids is 1. The number of carboxylic acids is 1. The quantitative estimate of drug-likeness (QED) is 0.350. The van der Waals surface area contributed by atoms with Gasteiger partial charge in [-0.25, -0.2) is 4.79 Å². The van der Waals surface area contributed by atoms with Gasteiger partial charge in [-0.05, 0) is 18.8 Å². The van der Waals surface area contributed by atoms with Crippen LogP contribution in [0, 0.1) is 5.92 Å². The van der Waals surface area contributed by atoms with E-state index in [1.165, 1.54) is 63.9 Å². The van der Waals surface area contributed by atoms with Crippen molar-refractivity contribution in [3.05, 3.63) is 12.2 Å². The van der Waals surface area contributed by atoms with E-state index in [9.17, 15) is 4.79 Å². The van der Waals surface area contributed by atoms with Crippen molar-refractivity contribution in [1.82, 2.24) is 0 Å². The van der Waals surface area contributed by atoms with Gasteiger partial charge in [0, 0.05) is 6.08 Å². The Balaban J connectivity index is 3.22. The summed E-state index contributed by atoms with van der Waals surface area (Å²) in [5.41, 5.74) is 0. The maximum atomic E-state index is 10.2. The zero-order valence-electron chi connectivity index (χ0n) is 12.9. The molecule has 112 valence electrons. The van der Waals surface area contributed by atoms with Crippen LogP contribution in [0.5, 0.6) is 0 Å². The summed E-state index contributed by atoms with van der Waals surface area (Å²) in [5, 5.41) is 8.43. The molecule has 0 heterocycles. The Hall–Kier alpha value is -0.790. The average molecular weight is 268 g/mol. The minimum Gasteiger partial charge on any atom is -0.478 e. The largest absolute Gasteiger partial charge is 0.478 e. The molecule has 1 unspecified atom stereocenters. The van der Waals surface area contributed by atoms with Crippen LogP contribution in [0.15, 0.2) is 12.2 Å². The first-order valence-corrected chi connectivity index (χ1v) is 8.06. The molecular formula is C17H32O2. The fourth-order valence-electron chi connectivity index (χ4n) is 2.36. The highest BCUT2D eigenvalue weighted by Gasteiger charge is 2.01. The minimum absolute atomic E-state index is 0.836. The molecule has 2 nitrogen and oxygen atoms in total. The Kier molecular flexibility index (Phi) is 13.1. The van der Waals surface area contributed by atoms with Crippen LogP contribution < -0.4 is 0 Å². The van der Waals surface area contributed by atoms with Gasteiger partial charge in [0.2, 0.25) is 0 Å². The first-order valence-electron chi connectivity index (χ1n) is 8.06. The van der Waals surface area contributed by atoms with Gasteiger partial charge in [0.05, 0.1) is 0 Å². The van der Waals surface area contributed by atoms with Crippen LogP contribution in [-0.4, -0.2) is 11.1 Å². The molecule has 0 aliphatic rings. The van der Waals surface area contributed by atoms with Gasteiger partial charge < -0.3 is 5.11 Å². The van der Waals surface area contributed by atoms with Crippen LogP contribution in [0.3, 0.4) is 0 Å². The van der Waals surface area contributed by atoms with Crippen molar-refractivity contribution in [3.63, 3.8) is 0 Å². The standard InChI is InChI=1S/C17H32O2/c1-3-4-5-10-13-16(2)14-11-8-6-7-9-12-15-17(18)19/h12,15-16H,3-11,13-14H2,1-2H3,(H,18,19). The molecule has 0 spiro atoms. The van der Waals surface area contributed by atoms with Gasteiger partial charge in [0.15, 0.2) is 0 Å². The van der Waals surface area contributed by atoms with Gasteiger partial charge in [-0.2, -0.15) is 0 Å². The number of rotatable bonds is 13. The number of hydrogen-bond donors (Lipinski definition) is 1. The van der Waals surface area contributed by atoms with E-state index in [0.717, 1.165) is 18.8 Å². The van der Waals surface area contributed by atoms with Crippen LogP contribution in [0.2, 0.25) is 0 Å². The molecule has 0 rings (SSSR count). The van der Waals surface area contributed by atoms with E-state index in [1.807, 2.05) is 0 Å². The highest BCUT2D eigenvalue weighted by Crippen LogP contribution is 2.17. The van der Waals surface area contributed by atoms with Gasteiger partial charge in [-0.3, -0.25) is 0 Å². The number of carboxylic acid groups (broad SMARTS) is 1. The third-order valence-corrected chi connectivity index (χ3v) is 3.63. The number of carbonyl (C=O) groups is 1. The van der Waals surface area contributed by atoms with Gasteiger partial charge >= 0.3 is 5.97 Å². The fourth-order valence-corrected chi connectivity index (χ4v) is 2.36. The normalized spacial score (nSPS) is 12.9. The zero-order valence-corrected chi connectivity index (χ0v) is 12.9. The smallest absolute Gasteiger partial charge is 0.327 e. The molecule has 0 aromatic carbocycles. The highest BCUT2D eigenvalue weighted by atomic mass is 16.4. The molecular weight excluding hydrogens is 236 g/mol. The summed E-state index contributed by atoms with van der Waals surface area (Å²) in [4.78, 5) is 10.2. The van der Waals surface area contributed by atoms with E-state index >= 15 is 0 Å². The fraction of sp³-hybridized carbons (Fsp3) is 0.824. The van der Waals surface area contributed by atoms with Crippen molar-refractivity contribution >= 4 is 5.97 Å². The van der Waals surface area contributed by atoms with Crippen molar-refractivity contribution in [1.29, 1.82) is 0 Å². The zero-order chi connectivity index (χ0) is 14.3. The van der Waals surface area contributed by atoms with E-state index in [0.29, 0.717) is 0 Å². The summed E-state index contributed by atoms with van der Waals surface area (Å²) in [7, 11) is 0. The van der Waals surface area contributed by atoms with E-state index in [4.69, 9.17) is 5.11 Å². The lowest BCUT2D eigenvalue weighted by Gasteiger charge is -2.10. The first-order chi connectivity index (χ1) is 9.16. The van der Waals surface area contributed by atoms with E-state index in [-0.39, 0.29) is 0 Å².